The van der Waals surface area contributed by atoms with Gasteiger partial charge in [0, 0.05) is 19.8 Å². The van der Waals surface area contributed by atoms with E-state index in [1.165, 1.54) is 25.5 Å². The molecule has 0 bridgehead atoms. The molecular weight excluding hydrogens is 364 g/mol. The molecule has 0 aromatic heterocycles. The standard InChI is InChI=1S/C20H32N2O4S/c1-15-7-5-6-8-19(15)26-14-13-21-20(23)22(3)16(2)17-9-11-18(12-10-17)27(4,24)25/h9-12,15-16,19H,5-8,13-14H2,1-4H3,(H,21,23). The highest BCUT2D eigenvalue weighted by molar-refractivity contribution is 7.90. The van der Waals surface area contributed by atoms with E-state index >= 15 is 0 Å². The minimum Gasteiger partial charge on any atom is -0.376 e. The van der Waals surface area contributed by atoms with Crippen LogP contribution in [0.15, 0.2) is 29.2 Å². The van der Waals surface area contributed by atoms with Crippen LogP contribution in [0.5, 0.6) is 0 Å². The fourth-order valence-corrected chi connectivity index (χ4v) is 4.05. The Labute approximate surface area is 163 Å². The largest absolute Gasteiger partial charge is 0.376 e. The van der Waals surface area contributed by atoms with E-state index < -0.39 is 9.84 Å². The number of rotatable bonds is 7. The maximum absolute atomic E-state index is 12.4. The average Bonchev–Trinajstić information content (AvgIpc) is 2.64. The molecule has 1 saturated carbocycles. The van der Waals surface area contributed by atoms with E-state index in [2.05, 4.69) is 12.2 Å². The number of hydrogen-bond acceptors (Lipinski definition) is 4. The van der Waals surface area contributed by atoms with E-state index in [9.17, 15) is 13.2 Å². The quantitative estimate of drug-likeness (QED) is 0.717. The van der Waals surface area contributed by atoms with Gasteiger partial charge in [-0.1, -0.05) is 31.9 Å². The summed E-state index contributed by atoms with van der Waals surface area (Å²) in [5.74, 6) is 0.590. The molecule has 1 aromatic rings. The van der Waals surface area contributed by atoms with Crippen molar-refractivity contribution in [3.05, 3.63) is 29.8 Å². The maximum Gasteiger partial charge on any atom is 0.317 e. The predicted octanol–water partition coefficient (Wildman–Crippen LogP) is 3.39. The molecule has 1 aliphatic rings. The highest BCUT2D eigenvalue weighted by atomic mass is 32.2. The van der Waals surface area contributed by atoms with Gasteiger partial charge in [0.15, 0.2) is 9.84 Å². The van der Waals surface area contributed by atoms with Crippen molar-refractivity contribution in [3.63, 3.8) is 0 Å². The molecule has 2 rings (SSSR count). The second-order valence-corrected chi connectivity index (χ2v) is 9.55. The number of amides is 2. The lowest BCUT2D eigenvalue weighted by atomic mass is 9.88. The van der Waals surface area contributed by atoms with Crippen molar-refractivity contribution in [3.8, 4) is 0 Å². The monoisotopic (exact) mass is 396 g/mol. The summed E-state index contributed by atoms with van der Waals surface area (Å²) < 4.78 is 29.0. The third kappa shape index (κ3) is 6.21. The number of benzene rings is 1. The van der Waals surface area contributed by atoms with Gasteiger partial charge in [-0.2, -0.15) is 0 Å². The first-order chi connectivity index (χ1) is 12.7. The third-order valence-electron chi connectivity index (χ3n) is 5.43. The van der Waals surface area contributed by atoms with Gasteiger partial charge in [-0.25, -0.2) is 13.2 Å². The topological polar surface area (TPSA) is 75.7 Å². The molecule has 0 aliphatic heterocycles. The molecule has 1 aliphatic carbocycles. The van der Waals surface area contributed by atoms with Crippen molar-refractivity contribution in [2.24, 2.45) is 5.92 Å². The third-order valence-corrected chi connectivity index (χ3v) is 6.56. The number of hydrogen-bond donors (Lipinski definition) is 1. The highest BCUT2D eigenvalue weighted by Gasteiger charge is 2.22. The molecule has 1 N–H and O–H groups in total. The zero-order chi connectivity index (χ0) is 20.0. The molecule has 27 heavy (non-hydrogen) atoms. The summed E-state index contributed by atoms with van der Waals surface area (Å²) in [6.45, 7) is 5.14. The van der Waals surface area contributed by atoms with Crippen molar-refractivity contribution in [1.82, 2.24) is 10.2 Å². The van der Waals surface area contributed by atoms with E-state index in [0.717, 1.165) is 12.0 Å². The molecule has 0 heterocycles. The second-order valence-electron chi connectivity index (χ2n) is 7.53. The zero-order valence-electron chi connectivity index (χ0n) is 16.8. The van der Waals surface area contributed by atoms with Gasteiger partial charge in [0.1, 0.15) is 0 Å². The summed E-state index contributed by atoms with van der Waals surface area (Å²) in [7, 11) is -1.49. The summed E-state index contributed by atoms with van der Waals surface area (Å²) in [5.41, 5.74) is 0.882. The van der Waals surface area contributed by atoms with Gasteiger partial charge in [-0.3, -0.25) is 0 Å². The minimum atomic E-state index is -3.22. The average molecular weight is 397 g/mol. The Balaban J connectivity index is 1.80. The van der Waals surface area contributed by atoms with E-state index in [-0.39, 0.29) is 17.0 Å². The molecule has 2 amide bonds. The van der Waals surface area contributed by atoms with Crippen LogP contribution in [0.3, 0.4) is 0 Å². The Kier molecular flexibility index (Phi) is 7.68. The fourth-order valence-electron chi connectivity index (χ4n) is 3.42. The normalized spacial score (nSPS) is 21.5. The lowest BCUT2D eigenvalue weighted by molar-refractivity contribution is -0.00273. The van der Waals surface area contributed by atoms with Gasteiger partial charge in [0.2, 0.25) is 0 Å². The molecule has 1 fully saturated rings. The van der Waals surface area contributed by atoms with Gasteiger partial charge in [0.05, 0.1) is 23.6 Å². The molecule has 6 nitrogen and oxygen atoms in total. The molecule has 3 atom stereocenters. The molecule has 3 unspecified atom stereocenters. The first kappa shape index (κ1) is 21.7. The van der Waals surface area contributed by atoms with Crippen LogP contribution >= 0.6 is 0 Å². The zero-order valence-corrected chi connectivity index (χ0v) is 17.6. The Hall–Kier alpha value is -1.60. The van der Waals surface area contributed by atoms with E-state index in [0.29, 0.717) is 25.2 Å². The number of urea groups is 1. The van der Waals surface area contributed by atoms with Crippen LogP contribution in [0, 0.1) is 5.92 Å². The van der Waals surface area contributed by atoms with Crippen LogP contribution in [0.1, 0.15) is 51.1 Å². The lowest BCUT2D eigenvalue weighted by Gasteiger charge is -2.29. The van der Waals surface area contributed by atoms with Crippen LogP contribution < -0.4 is 5.32 Å². The first-order valence-electron chi connectivity index (χ1n) is 9.62. The molecule has 0 saturated heterocycles. The summed E-state index contributed by atoms with van der Waals surface area (Å²) >= 11 is 0. The molecular formula is C20H32N2O4S. The number of nitrogens with zero attached hydrogens (tertiary/aromatic N) is 1. The predicted molar refractivity (Wildman–Crippen MR) is 107 cm³/mol. The first-order valence-corrected chi connectivity index (χ1v) is 11.5. The number of sulfone groups is 1. The summed E-state index contributed by atoms with van der Waals surface area (Å²) in [5, 5.41) is 2.89. The van der Waals surface area contributed by atoms with Gasteiger partial charge < -0.3 is 15.0 Å². The van der Waals surface area contributed by atoms with Gasteiger partial charge in [-0.05, 0) is 43.4 Å². The van der Waals surface area contributed by atoms with Gasteiger partial charge in [0.25, 0.3) is 0 Å². The Bertz CT molecular complexity index is 718. The van der Waals surface area contributed by atoms with Crippen LogP contribution in [0.4, 0.5) is 4.79 Å². The molecule has 1 aromatic carbocycles. The Morgan fingerprint density at radius 1 is 1.26 bits per heavy atom. The van der Waals surface area contributed by atoms with E-state index in [4.69, 9.17) is 4.74 Å². The van der Waals surface area contributed by atoms with Crippen molar-refractivity contribution >= 4 is 15.9 Å². The molecule has 7 heteroatoms. The molecule has 0 radical (unpaired) electrons. The Morgan fingerprint density at radius 3 is 2.48 bits per heavy atom. The van der Waals surface area contributed by atoms with Crippen molar-refractivity contribution in [2.75, 3.05) is 26.5 Å². The lowest BCUT2D eigenvalue weighted by Crippen LogP contribution is -2.40. The minimum absolute atomic E-state index is 0.169. The van der Waals surface area contributed by atoms with Crippen molar-refractivity contribution < 1.29 is 17.9 Å². The fraction of sp³-hybridized carbons (Fsp3) is 0.650. The van der Waals surface area contributed by atoms with E-state index in [1.807, 2.05) is 6.92 Å². The summed E-state index contributed by atoms with van der Waals surface area (Å²) in [4.78, 5) is 14.3. The highest BCUT2D eigenvalue weighted by Crippen LogP contribution is 2.26. The number of ether oxygens (including phenoxy) is 1. The van der Waals surface area contributed by atoms with Crippen LogP contribution in [-0.4, -0.2) is 51.9 Å². The summed E-state index contributed by atoms with van der Waals surface area (Å²) in [6.07, 6.45) is 6.32. The van der Waals surface area contributed by atoms with Crippen LogP contribution in [0.25, 0.3) is 0 Å². The van der Waals surface area contributed by atoms with Crippen LogP contribution in [-0.2, 0) is 14.6 Å². The number of nitrogens with one attached hydrogen (secondary N) is 1. The SMILES string of the molecule is CC1CCCCC1OCCNC(=O)N(C)C(C)c1ccc(S(C)(=O)=O)cc1. The maximum atomic E-state index is 12.4. The van der Waals surface area contributed by atoms with E-state index in [1.54, 1.807) is 36.2 Å². The van der Waals surface area contributed by atoms with Gasteiger partial charge in [-0.15, -0.1) is 0 Å². The van der Waals surface area contributed by atoms with Gasteiger partial charge >= 0.3 is 6.03 Å². The van der Waals surface area contributed by atoms with Crippen molar-refractivity contribution in [2.45, 2.75) is 56.6 Å². The second kappa shape index (κ2) is 9.55. The molecule has 0 spiro atoms. The smallest absolute Gasteiger partial charge is 0.317 e. The number of carbonyl (C=O) groups is 1. The van der Waals surface area contributed by atoms with Crippen molar-refractivity contribution in [1.29, 1.82) is 0 Å². The number of carbonyl (C=O) groups excluding carboxylic acids is 1. The Morgan fingerprint density at radius 2 is 1.89 bits per heavy atom. The summed E-state index contributed by atoms with van der Waals surface area (Å²) in [6, 6.07) is 6.31. The molecule has 152 valence electrons. The van der Waals surface area contributed by atoms with Crippen LogP contribution in [0.2, 0.25) is 0 Å².